The van der Waals surface area contributed by atoms with Crippen molar-refractivity contribution in [3.63, 3.8) is 0 Å². The summed E-state index contributed by atoms with van der Waals surface area (Å²) in [6, 6.07) is 13.3. The van der Waals surface area contributed by atoms with Gasteiger partial charge in [-0.25, -0.2) is 0 Å². The van der Waals surface area contributed by atoms with Crippen LogP contribution in [0.4, 0.5) is 5.69 Å². The van der Waals surface area contributed by atoms with E-state index in [1.54, 1.807) is 18.2 Å². The van der Waals surface area contributed by atoms with Gasteiger partial charge >= 0.3 is 0 Å². The maximum Gasteiger partial charge on any atom is 0.259 e. The Kier molecular flexibility index (Phi) is 16.7. The third-order valence-electron chi connectivity index (χ3n) is 7.01. The molecule has 3 rings (SSSR count). The number of ether oxygens (including phenoxy) is 1. The normalized spacial score (nSPS) is 12.7. The van der Waals surface area contributed by atoms with E-state index < -0.39 is 0 Å². The minimum absolute atomic E-state index is 0. The van der Waals surface area contributed by atoms with Gasteiger partial charge in [0, 0.05) is 23.0 Å². The fraction of sp³-hybridized carbons (Fsp3) is 0.531. The Morgan fingerprint density at radius 3 is 2.13 bits per heavy atom. The van der Waals surface area contributed by atoms with Crippen molar-refractivity contribution in [3.8, 4) is 5.75 Å². The summed E-state index contributed by atoms with van der Waals surface area (Å²) >= 11 is 8.04. The number of nitrogens with zero attached hydrogens (tertiary/aromatic N) is 1. The summed E-state index contributed by atoms with van der Waals surface area (Å²) in [6.45, 7) is 5.87. The lowest BCUT2D eigenvalue weighted by Gasteiger charge is -2.19. The van der Waals surface area contributed by atoms with Gasteiger partial charge < -0.3 is 15.0 Å². The predicted octanol–water partition coefficient (Wildman–Crippen LogP) is 10.6. The lowest BCUT2D eigenvalue weighted by Crippen LogP contribution is -2.17. The number of allylic oxidation sites excluding steroid dienone is 1. The molecule has 1 N–H and O–H groups in total. The van der Waals surface area contributed by atoms with Gasteiger partial charge in [0.2, 0.25) is 0 Å². The first-order valence-electron chi connectivity index (χ1n) is 14.4. The molecule has 1 aliphatic rings. The molecule has 4 nitrogen and oxygen atoms in total. The van der Waals surface area contributed by atoms with E-state index >= 15 is 0 Å². The number of anilines is 1. The summed E-state index contributed by atoms with van der Waals surface area (Å²) in [5.74, 6) is 1.35. The van der Waals surface area contributed by atoms with Crippen molar-refractivity contribution in [2.45, 2.75) is 97.4 Å². The summed E-state index contributed by atoms with van der Waals surface area (Å²) in [7, 11) is 0. The standard InChI is InChI=1S/C32H45ClN2O2S.BrH/c1-3-4-5-6-7-8-9-10-11-12-13-14-21-37-31-22-28(33)17-20-30(31)32(36)34-29-18-15-27(16-19-29)23-35-25-38-24-26(35)2;/h15-20,22,24H,3-14,21,23,25H2,1-2H3,(H,34,36);1H. The molecule has 0 spiro atoms. The number of rotatable bonds is 18. The van der Waals surface area contributed by atoms with Crippen molar-refractivity contribution in [1.82, 2.24) is 4.90 Å². The topological polar surface area (TPSA) is 41.6 Å². The summed E-state index contributed by atoms with van der Waals surface area (Å²) < 4.78 is 6.01. The highest BCUT2D eigenvalue weighted by atomic mass is 79.9. The van der Waals surface area contributed by atoms with Gasteiger partial charge in [0.25, 0.3) is 5.91 Å². The van der Waals surface area contributed by atoms with Gasteiger partial charge in [0.1, 0.15) is 5.75 Å². The highest BCUT2D eigenvalue weighted by molar-refractivity contribution is 8.93. The van der Waals surface area contributed by atoms with E-state index in [1.807, 2.05) is 23.9 Å². The van der Waals surface area contributed by atoms with Crippen molar-refractivity contribution in [3.05, 3.63) is 69.7 Å². The van der Waals surface area contributed by atoms with Gasteiger partial charge in [-0.2, -0.15) is 0 Å². The van der Waals surface area contributed by atoms with Crippen LogP contribution in [0.5, 0.6) is 5.75 Å². The number of amides is 1. The number of halogens is 2. The quantitative estimate of drug-likeness (QED) is 0.165. The minimum atomic E-state index is -0.186. The van der Waals surface area contributed by atoms with Crippen LogP contribution in [-0.4, -0.2) is 23.3 Å². The smallest absolute Gasteiger partial charge is 0.259 e. The van der Waals surface area contributed by atoms with Gasteiger partial charge in [0.05, 0.1) is 18.0 Å². The molecule has 0 bridgehead atoms. The third-order valence-corrected chi connectivity index (χ3v) is 8.22. The number of nitrogens with one attached hydrogen (secondary N) is 1. The van der Waals surface area contributed by atoms with Crippen LogP contribution < -0.4 is 10.1 Å². The molecule has 1 heterocycles. The van der Waals surface area contributed by atoms with Crippen LogP contribution in [0.2, 0.25) is 5.02 Å². The highest BCUT2D eigenvalue weighted by Gasteiger charge is 2.15. The largest absolute Gasteiger partial charge is 0.493 e. The summed E-state index contributed by atoms with van der Waals surface area (Å²) in [6.07, 6.45) is 15.6. The van der Waals surface area contributed by atoms with E-state index in [-0.39, 0.29) is 22.9 Å². The zero-order valence-corrected chi connectivity index (χ0v) is 27.0. The molecule has 0 saturated carbocycles. The van der Waals surface area contributed by atoms with E-state index in [0.717, 1.165) is 31.0 Å². The molecule has 0 fully saturated rings. The summed E-state index contributed by atoms with van der Waals surface area (Å²) in [5.41, 5.74) is 3.79. The number of hydrogen-bond acceptors (Lipinski definition) is 4. The Labute approximate surface area is 256 Å². The van der Waals surface area contributed by atoms with E-state index in [0.29, 0.717) is 22.9 Å². The van der Waals surface area contributed by atoms with Crippen LogP contribution >= 0.6 is 40.3 Å². The average Bonchev–Trinajstić information content (AvgIpc) is 3.32. The molecule has 2 aromatic rings. The lowest BCUT2D eigenvalue weighted by molar-refractivity contribution is 0.102. The Hall–Kier alpha value is -1.63. The van der Waals surface area contributed by atoms with Gasteiger partial charge in [-0.1, -0.05) is 101 Å². The second-order valence-electron chi connectivity index (χ2n) is 10.3. The summed E-state index contributed by atoms with van der Waals surface area (Å²) in [5, 5.41) is 5.77. The maximum atomic E-state index is 13.0. The van der Waals surface area contributed by atoms with Crippen molar-refractivity contribution in [2.75, 3.05) is 17.8 Å². The van der Waals surface area contributed by atoms with Crippen molar-refractivity contribution >= 4 is 51.9 Å². The summed E-state index contributed by atoms with van der Waals surface area (Å²) in [4.78, 5) is 15.4. The second kappa shape index (κ2) is 19.4. The molecular formula is C32H46BrClN2O2S. The molecule has 7 heteroatoms. The molecular weight excluding hydrogens is 592 g/mol. The number of unbranched alkanes of at least 4 members (excludes halogenated alkanes) is 11. The molecule has 39 heavy (non-hydrogen) atoms. The van der Waals surface area contributed by atoms with E-state index in [2.05, 4.69) is 41.6 Å². The molecule has 1 aliphatic heterocycles. The number of thioether (sulfide) groups is 1. The minimum Gasteiger partial charge on any atom is -0.493 e. The first-order valence-corrected chi connectivity index (χ1v) is 15.9. The van der Waals surface area contributed by atoms with E-state index in [1.165, 1.54) is 75.5 Å². The number of hydrogen-bond donors (Lipinski definition) is 1. The lowest BCUT2D eigenvalue weighted by atomic mass is 10.1. The zero-order valence-electron chi connectivity index (χ0n) is 23.7. The molecule has 0 atom stereocenters. The molecule has 0 saturated heterocycles. The third kappa shape index (κ3) is 12.6. The van der Waals surface area contributed by atoms with Crippen LogP contribution in [0.15, 0.2) is 53.6 Å². The van der Waals surface area contributed by atoms with Crippen LogP contribution in [-0.2, 0) is 6.54 Å². The van der Waals surface area contributed by atoms with Crippen LogP contribution in [0.3, 0.4) is 0 Å². The van der Waals surface area contributed by atoms with E-state index in [4.69, 9.17) is 16.3 Å². The van der Waals surface area contributed by atoms with Gasteiger partial charge in [-0.15, -0.1) is 28.7 Å². The Balaban J connectivity index is 0.00000533. The Morgan fingerprint density at radius 1 is 0.923 bits per heavy atom. The molecule has 2 aromatic carbocycles. The molecule has 1 amide bonds. The van der Waals surface area contributed by atoms with Crippen LogP contribution in [0, 0.1) is 0 Å². The first kappa shape index (κ1) is 33.6. The fourth-order valence-corrected chi connectivity index (χ4v) is 5.74. The van der Waals surface area contributed by atoms with Crippen molar-refractivity contribution in [1.29, 1.82) is 0 Å². The molecule has 216 valence electrons. The Morgan fingerprint density at radius 2 is 1.54 bits per heavy atom. The van der Waals surface area contributed by atoms with Gasteiger partial charge in [-0.3, -0.25) is 4.79 Å². The average molecular weight is 638 g/mol. The SMILES string of the molecule is Br.CCCCCCCCCCCCCCOc1cc(Cl)ccc1C(=O)Nc1ccc(CN2CSC=C2C)cc1. The molecule has 0 radical (unpaired) electrons. The predicted molar refractivity (Wildman–Crippen MR) is 175 cm³/mol. The van der Waals surface area contributed by atoms with Crippen LogP contribution in [0.25, 0.3) is 0 Å². The second-order valence-corrected chi connectivity index (χ2v) is 11.5. The molecule has 0 aliphatic carbocycles. The number of carbonyl (C=O) groups excluding carboxylic acids is 1. The van der Waals surface area contributed by atoms with Crippen molar-refractivity contribution in [2.24, 2.45) is 0 Å². The van der Waals surface area contributed by atoms with Gasteiger partial charge in [0.15, 0.2) is 0 Å². The maximum absolute atomic E-state index is 13.0. The number of carbonyl (C=O) groups is 1. The zero-order chi connectivity index (χ0) is 27.0. The van der Waals surface area contributed by atoms with E-state index in [9.17, 15) is 4.79 Å². The van der Waals surface area contributed by atoms with Crippen LogP contribution in [0.1, 0.15) is 107 Å². The molecule has 0 unspecified atom stereocenters. The number of benzene rings is 2. The molecule has 0 aromatic heterocycles. The monoisotopic (exact) mass is 636 g/mol. The Bertz CT molecular complexity index is 1020. The highest BCUT2D eigenvalue weighted by Crippen LogP contribution is 2.27. The van der Waals surface area contributed by atoms with Gasteiger partial charge in [-0.05, 0) is 54.6 Å². The fourth-order valence-electron chi connectivity index (χ4n) is 4.64. The van der Waals surface area contributed by atoms with Crippen molar-refractivity contribution < 1.29 is 9.53 Å². The first-order chi connectivity index (χ1) is 18.6.